The number of nitrogens with zero attached hydrogens (tertiary/aromatic N) is 3. The lowest BCUT2D eigenvalue weighted by atomic mass is 9.94. The summed E-state index contributed by atoms with van der Waals surface area (Å²) in [6.45, 7) is 5.32. The molecule has 0 saturated heterocycles. The van der Waals surface area contributed by atoms with E-state index in [1.54, 1.807) is 23.1 Å². The van der Waals surface area contributed by atoms with Crippen LogP contribution in [0.3, 0.4) is 0 Å². The highest BCUT2D eigenvalue weighted by molar-refractivity contribution is 6.42. The van der Waals surface area contributed by atoms with Gasteiger partial charge in [-0.25, -0.2) is 0 Å². The van der Waals surface area contributed by atoms with E-state index in [2.05, 4.69) is 29.0 Å². The zero-order valence-corrected chi connectivity index (χ0v) is 23.8. The fourth-order valence-electron chi connectivity index (χ4n) is 5.20. The second-order valence-electron chi connectivity index (χ2n) is 10.2. The van der Waals surface area contributed by atoms with Gasteiger partial charge in [-0.3, -0.25) is 9.59 Å². The van der Waals surface area contributed by atoms with Gasteiger partial charge in [0.1, 0.15) is 6.54 Å². The Morgan fingerprint density at radius 3 is 2.39 bits per heavy atom. The second kappa shape index (κ2) is 13.3. The maximum absolute atomic E-state index is 14.0. The molecule has 5 nitrogen and oxygen atoms in total. The number of amides is 2. The molecule has 1 aliphatic rings. The molecule has 1 aromatic heterocycles. The molecular weight excluding hydrogens is 517 g/mol. The lowest BCUT2D eigenvalue weighted by Gasteiger charge is -2.37. The summed E-state index contributed by atoms with van der Waals surface area (Å²) in [5, 5.41) is 0.729. The third-order valence-corrected chi connectivity index (χ3v) is 8.38. The number of hydrogen-bond acceptors (Lipinski definition) is 2. The maximum Gasteiger partial charge on any atom is 0.254 e. The number of aromatic nitrogens is 1. The number of hydrogen-bond donors (Lipinski definition) is 0. The van der Waals surface area contributed by atoms with Crippen molar-refractivity contribution in [2.75, 3.05) is 6.54 Å². The summed E-state index contributed by atoms with van der Waals surface area (Å²) in [5.41, 5.74) is 2.75. The van der Waals surface area contributed by atoms with Crippen LogP contribution in [0.4, 0.5) is 0 Å². The molecule has 1 heterocycles. The molecule has 38 heavy (non-hydrogen) atoms. The molecule has 1 aliphatic carbocycles. The molecule has 0 radical (unpaired) electrons. The number of benzene rings is 2. The molecule has 202 valence electrons. The summed E-state index contributed by atoms with van der Waals surface area (Å²) in [6, 6.07) is 19.4. The van der Waals surface area contributed by atoms with Crippen LogP contribution in [0.15, 0.2) is 66.9 Å². The highest BCUT2D eigenvalue weighted by atomic mass is 35.5. The van der Waals surface area contributed by atoms with Crippen LogP contribution in [0.1, 0.15) is 74.0 Å². The van der Waals surface area contributed by atoms with E-state index in [9.17, 15) is 9.59 Å². The van der Waals surface area contributed by atoms with Gasteiger partial charge >= 0.3 is 0 Å². The Balaban J connectivity index is 1.57. The van der Waals surface area contributed by atoms with Gasteiger partial charge in [-0.15, -0.1) is 0 Å². The normalized spacial score (nSPS) is 14.7. The Kier molecular flexibility index (Phi) is 9.92. The highest BCUT2D eigenvalue weighted by Crippen LogP contribution is 2.27. The molecule has 0 spiro atoms. The summed E-state index contributed by atoms with van der Waals surface area (Å²) in [7, 11) is 0. The predicted molar refractivity (Wildman–Crippen MR) is 155 cm³/mol. The van der Waals surface area contributed by atoms with Gasteiger partial charge in [-0.1, -0.05) is 79.7 Å². The van der Waals surface area contributed by atoms with Crippen LogP contribution in [-0.2, 0) is 17.9 Å². The van der Waals surface area contributed by atoms with Crippen molar-refractivity contribution in [3.63, 3.8) is 0 Å². The Bertz CT molecular complexity index is 1220. The third-order valence-electron chi connectivity index (χ3n) is 7.64. The van der Waals surface area contributed by atoms with Crippen molar-refractivity contribution >= 4 is 35.0 Å². The maximum atomic E-state index is 14.0. The highest BCUT2D eigenvalue weighted by Gasteiger charge is 2.30. The van der Waals surface area contributed by atoms with Crippen molar-refractivity contribution in [1.82, 2.24) is 14.4 Å². The first kappa shape index (κ1) is 28.3. The van der Waals surface area contributed by atoms with Gasteiger partial charge in [0.15, 0.2) is 0 Å². The first-order valence-corrected chi connectivity index (χ1v) is 14.4. The molecule has 1 atom stereocenters. The van der Waals surface area contributed by atoms with Gasteiger partial charge in [-0.05, 0) is 62.1 Å². The molecule has 0 bridgehead atoms. The molecule has 1 unspecified atom stereocenters. The van der Waals surface area contributed by atoms with E-state index in [-0.39, 0.29) is 30.4 Å². The van der Waals surface area contributed by atoms with E-state index >= 15 is 0 Å². The van der Waals surface area contributed by atoms with Crippen LogP contribution < -0.4 is 0 Å². The number of rotatable bonds is 10. The van der Waals surface area contributed by atoms with Crippen LogP contribution >= 0.6 is 23.2 Å². The quantitative estimate of drug-likeness (QED) is 0.261. The second-order valence-corrected chi connectivity index (χ2v) is 11.1. The Hall–Kier alpha value is -2.76. The molecular formula is C31H37Cl2N3O2. The number of carbonyl (C=O) groups is 2. The number of carbonyl (C=O) groups excluding carboxylic acids is 2. The zero-order chi connectivity index (χ0) is 27.1. The molecule has 2 aromatic carbocycles. The predicted octanol–water partition coefficient (Wildman–Crippen LogP) is 7.45. The smallest absolute Gasteiger partial charge is 0.254 e. The summed E-state index contributed by atoms with van der Waals surface area (Å²) in [6.07, 6.45) is 8.25. The minimum atomic E-state index is -0.206. The standard InChI is InChI=1S/C31H37Cl2N3O2/c1-3-23(2)35(31(38)25-16-17-28(32)29(33)19-25)22-30(37)36(26-13-8-5-9-14-26)21-27-15-10-18-34(27)20-24-11-6-4-7-12-24/h4,6-7,10-12,15-19,23,26H,3,5,8-9,13-14,20-22H2,1-2H3. The summed E-state index contributed by atoms with van der Waals surface area (Å²) in [5.74, 6) is -0.222. The fraction of sp³-hybridized carbons (Fsp3) is 0.419. The van der Waals surface area contributed by atoms with Crippen LogP contribution in [-0.4, -0.2) is 44.8 Å². The molecule has 1 fully saturated rings. The fourth-order valence-corrected chi connectivity index (χ4v) is 5.49. The lowest BCUT2D eigenvalue weighted by molar-refractivity contribution is -0.136. The van der Waals surface area contributed by atoms with E-state index in [1.165, 1.54) is 12.0 Å². The molecule has 3 aromatic rings. The van der Waals surface area contributed by atoms with Crippen LogP contribution in [0.25, 0.3) is 0 Å². The molecule has 0 aliphatic heterocycles. The van der Waals surface area contributed by atoms with Gasteiger partial charge in [-0.2, -0.15) is 0 Å². The average molecular weight is 555 g/mol. The van der Waals surface area contributed by atoms with Gasteiger partial charge < -0.3 is 14.4 Å². The average Bonchev–Trinajstić information content (AvgIpc) is 3.38. The van der Waals surface area contributed by atoms with Crippen molar-refractivity contribution in [3.05, 3.63) is 93.7 Å². The third kappa shape index (κ3) is 7.00. The Morgan fingerprint density at radius 2 is 1.71 bits per heavy atom. The lowest BCUT2D eigenvalue weighted by Crippen LogP contribution is -2.49. The monoisotopic (exact) mass is 553 g/mol. The van der Waals surface area contributed by atoms with Crippen molar-refractivity contribution in [2.24, 2.45) is 0 Å². The summed E-state index contributed by atoms with van der Waals surface area (Å²) < 4.78 is 2.21. The molecule has 7 heteroatoms. The Morgan fingerprint density at radius 1 is 0.974 bits per heavy atom. The zero-order valence-electron chi connectivity index (χ0n) is 22.3. The van der Waals surface area contributed by atoms with E-state index < -0.39 is 0 Å². The Labute approximate surface area is 236 Å². The first-order chi connectivity index (χ1) is 18.4. The van der Waals surface area contributed by atoms with Crippen molar-refractivity contribution in [2.45, 2.75) is 77.5 Å². The van der Waals surface area contributed by atoms with Crippen LogP contribution in [0, 0.1) is 0 Å². The van der Waals surface area contributed by atoms with Crippen molar-refractivity contribution in [3.8, 4) is 0 Å². The van der Waals surface area contributed by atoms with Gasteiger partial charge in [0.2, 0.25) is 5.91 Å². The van der Waals surface area contributed by atoms with Gasteiger partial charge in [0.25, 0.3) is 5.91 Å². The van der Waals surface area contributed by atoms with Crippen molar-refractivity contribution < 1.29 is 9.59 Å². The van der Waals surface area contributed by atoms with Crippen LogP contribution in [0.5, 0.6) is 0 Å². The SMILES string of the molecule is CCC(C)N(CC(=O)N(Cc1cccn1Cc1ccccc1)C1CCCCC1)C(=O)c1ccc(Cl)c(Cl)c1. The largest absolute Gasteiger partial charge is 0.345 e. The molecule has 1 saturated carbocycles. The van der Waals surface area contributed by atoms with Crippen LogP contribution in [0.2, 0.25) is 10.0 Å². The topological polar surface area (TPSA) is 45.6 Å². The van der Waals surface area contributed by atoms with Crippen molar-refractivity contribution in [1.29, 1.82) is 0 Å². The first-order valence-electron chi connectivity index (χ1n) is 13.6. The minimum Gasteiger partial charge on any atom is -0.345 e. The molecule has 4 rings (SSSR count). The van der Waals surface area contributed by atoms with Gasteiger partial charge in [0, 0.05) is 36.1 Å². The van der Waals surface area contributed by atoms with E-state index in [0.717, 1.165) is 44.3 Å². The number of halogens is 2. The van der Waals surface area contributed by atoms with Gasteiger partial charge in [0.05, 0.1) is 16.6 Å². The van der Waals surface area contributed by atoms with E-state index in [0.29, 0.717) is 22.2 Å². The summed E-state index contributed by atoms with van der Waals surface area (Å²) in [4.78, 5) is 31.3. The molecule has 2 amide bonds. The summed E-state index contributed by atoms with van der Waals surface area (Å²) >= 11 is 12.3. The van der Waals surface area contributed by atoms with E-state index in [4.69, 9.17) is 23.2 Å². The minimum absolute atomic E-state index is 0.0157. The molecule has 0 N–H and O–H groups in total. The van der Waals surface area contributed by atoms with E-state index in [1.807, 2.05) is 43.0 Å².